The first kappa shape index (κ1) is 15.1. The maximum Gasteiger partial charge on any atom is 0.416 e. The molecular weight excluding hydrogens is 307 g/mol. The van der Waals surface area contributed by atoms with Crippen molar-refractivity contribution >= 4 is 16.9 Å². The molecule has 118 valence electrons. The number of halogens is 3. The van der Waals surface area contributed by atoms with E-state index in [1.807, 2.05) is 0 Å². The van der Waals surface area contributed by atoms with E-state index in [4.69, 9.17) is 0 Å². The van der Waals surface area contributed by atoms with Crippen molar-refractivity contribution in [3.8, 4) is 0 Å². The fourth-order valence-electron chi connectivity index (χ4n) is 2.66. The summed E-state index contributed by atoms with van der Waals surface area (Å²) in [5, 5.41) is 10.0. The lowest BCUT2D eigenvalue weighted by molar-refractivity contribution is -0.138. The first-order chi connectivity index (χ1) is 10.9. The molecule has 0 amide bonds. The Morgan fingerprint density at radius 2 is 1.70 bits per heavy atom. The molecule has 1 N–H and O–H groups in total. The normalized spacial score (nSPS) is 11.8. The Bertz CT molecular complexity index is 881. The molecule has 3 nitrogen and oxygen atoms in total. The summed E-state index contributed by atoms with van der Waals surface area (Å²) in [6.07, 6.45) is -4.48. The van der Waals surface area contributed by atoms with Crippen LogP contribution in [0.15, 0.2) is 54.6 Å². The number of benzene rings is 2. The highest BCUT2D eigenvalue weighted by Crippen LogP contribution is 2.33. The number of hydrogen-bond acceptors (Lipinski definition) is 1. The van der Waals surface area contributed by atoms with Gasteiger partial charge in [0.2, 0.25) is 0 Å². The van der Waals surface area contributed by atoms with Gasteiger partial charge in [-0.1, -0.05) is 36.4 Å². The first-order valence-corrected chi connectivity index (χ1v) is 6.84. The highest BCUT2D eigenvalue weighted by Gasteiger charge is 2.33. The molecular formula is C17H12F3NO2. The predicted molar refractivity (Wildman–Crippen MR) is 79.4 cm³/mol. The lowest BCUT2D eigenvalue weighted by Crippen LogP contribution is -2.14. The summed E-state index contributed by atoms with van der Waals surface area (Å²) >= 11 is 0. The molecule has 0 aliphatic heterocycles. The van der Waals surface area contributed by atoms with Gasteiger partial charge in [-0.2, -0.15) is 13.2 Å². The van der Waals surface area contributed by atoms with Gasteiger partial charge in [0, 0.05) is 17.4 Å². The van der Waals surface area contributed by atoms with Gasteiger partial charge in [0.1, 0.15) is 5.69 Å². The fraction of sp³-hybridized carbons (Fsp3) is 0.118. The molecule has 2 aromatic carbocycles. The maximum atomic E-state index is 13.1. The summed E-state index contributed by atoms with van der Waals surface area (Å²) in [7, 11) is 0. The van der Waals surface area contributed by atoms with Crippen LogP contribution in [0.5, 0.6) is 0 Å². The van der Waals surface area contributed by atoms with Crippen LogP contribution in [0, 0.1) is 0 Å². The highest BCUT2D eigenvalue weighted by molar-refractivity contribution is 5.94. The monoisotopic (exact) mass is 319 g/mol. The number of fused-ring (bicyclic) bond motifs is 1. The van der Waals surface area contributed by atoms with E-state index in [1.54, 1.807) is 24.3 Å². The number of para-hydroxylation sites is 1. The van der Waals surface area contributed by atoms with E-state index in [0.717, 1.165) is 6.07 Å². The topological polar surface area (TPSA) is 42.2 Å². The van der Waals surface area contributed by atoms with Gasteiger partial charge >= 0.3 is 12.1 Å². The average molecular weight is 319 g/mol. The second-order valence-corrected chi connectivity index (χ2v) is 5.13. The molecule has 1 aromatic heterocycles. The van der Waals surface area contributed by atoms with E-state index in [0.29, 0.717) is 10.9 Å². The molecule has 3 aromatic rings. The van der Waals surface area contributed by atoms with Crippen molar-refractivity contribution in [1.82, 2.24) is 4.57 Å². The smallest absolute Gasteiger partial charge is 0.416 e. The van der Waals surface area contributed by atoms with Crippen LogP contribution in [0.25, 0.3) is 10.9 Å². The van der Waals surface area contributed by atoms with Gasteiger partial charge in [0.25, 0.3) is 0 Å². The molecule has 0 radical (unpaired) electrons. The summed E-state index contributed by atoms with van der Waals surface area (Å²) in [6, 6.07) is 13.6. The van der Waals surface area contributed by atoms with E-state index in [-0.39, 0.29) is 17.8 Å². The molecule has 0 spiro atoms. The third kappa shape index (κ3) is 2.79. The van der Waals surface area contributed by atoms with Crippen molar-refractivity contribution in [2.75, 3.05) is 0 Å². The van der Waals surface area contributed by atoms with E-state index in [1.165, 1.54) is 28.8 Å². The van der Waals surface area contributed by atoms with Crippen molar-refractivity contribution < 1.29 is 23.1 Å². The number of carboxylic acid groups (broad SMARTS) is 1. The Labute approximate surface area is 129 Å². The first-order valence-electron chi connectivity index (χ1n) is 6.84. The molecule has 0 saturated carbocycles. The van der Waals surface area contributed by atoms with Gasteiger partial charge in [-0.25, -0.2) is 4.79 Å². The molecule has 0 aliphatic carbocycles. The van der Waals surface area contributed by atoms with Crippen LogP contribution in [0.2, 0.25) is 0 Å². The molecule has 6 heteroatoms. The maximum absolute atomic E-state index is 13.1. The SMILES string of the molecule is O=C(O)c1cc2ccccc2n1Cc1ccccc1C(F)(F)F. The van der Waals surface area contributed by atoms with Crippen LogP contribution in [-0.4, -0.2) is 15.6 Å². The van der Waals surface area contributed by atoms with Crippen LogP contribution in [-0.2, 0) is 12.7 Å². The second-order valence-electron chi connectivity index (χ2n) is 5.13. The third-order valence-electron chi connectivity index (χ3n) is 3.68. The van der Waals surface area contributed by atoms with E-state index < -0.39 is 17.7 Å². The number of hydrogen-bond donors (Lipinski definition) is 1. The molecule has 1 heterocycles. The standard InChI is InChI=1S/C17H12F3NO2/c18-17(19,20)13-7-3-1-6-12(13)10-21-14-8-4-2-5-11(14)9-15(21)16(22)23/h1-9H,10H2,(H,22,23). The molecule has 0 atom stereocenters. The number of aromatic carboxylic acids is 1. The lowest BCUT2D eigenvalue weighted by atomic mass is 10.1. The van der Waals surface area contributed by atoms with Crippen molar-refractivity contribution in [2.24, 2.45) is 0 Å². The number of nitrogens with zero attached hydrogens (tertiary/aromatic N) is 1. The van der Waals surface area contributed by atoms with E-state index in [9.17, 15) is 23.1 Å². The Hall–Kier alpha value is -2.76. The largest absolute Gasteiger partial charge is 0.477 e. The Kier molecular flexibility index (Phi) is 3.60. The van der Waals surface area contributed by atoms with E-state index in [2.05, 4.69) is 0 Å². The van der Waals surface area contributed by atoms with Gasteiger partial charge in [0.05, 0.1) is 5.56 Å². The lowest BCUT2D eigenvalue weighted by Gasteiger charge is -2.15. The predicted octanol–water partition coefficient (Wildman–Crippen LogP) is 4.41. The third-order valence-corrected chi connectivity index (χ3v) is 3.68. The fourth-order valence-corrected chi connectivity index (χ4v) is 2.66. The summed E-state index contributed by atoms with van der Waals surface area (Å²) in [4.78, 5) is 11.4. The van der Waals surface area contributed by atoms with Gasteiger partial charge in [-0.3, -0.25) is 0 Å². The zero-order valence-corrected chi connectivity index (χ0v) is 11.8. The molecule has 3 rings (SSSR count). The number of aromatic nitrogens is 1. The minimum atomic E-state index is -4.48. The van der Waals surface area contributed by atoms with Gasteiger partial charge in [-0.05, 0) is 23.8 Å². The van der Waals surface area contributed by atoms with Crippen LogP contribution >= 0.6 is 0 Å². The van der Waals surface area contributed by atoms with Crippen LogP contribution in [0.3, 0.4) is 0 Å². The number of alkyl halides is 3. The summed E-state index contributed by atoms with van der Waals surface area (Å²) < 4.78 is 40.8. The number of carbonyl (C=O) groups is 1. The second kappa shape index (κ2) is 5.46. The van der Waals surface area contributed by atoms with Crippen molar-refractivity contribution in [1.29, 1.82) is 0 Å². The van der Waals surface area contributed by atoms with Gasteiger partial charge in [0.15, 0.2) is 0 Å². The van der Waals surface area contributed by atoms with Crippen LogP contribution in [0.1, 0.15) is 21.6 Å². The Morgan fingerprint density at radius 3 is 2.39 bits per heavy atom. The van der Waals surface area contributed by atoms with Crippen molar-refractivity contribution in [3.63, 3.8) is 0 Å². The number of rotatable bonds is 3. The zero-order valence-electron chi connectivity index (χ0n) is 11.8. The molecule has 23 heavy (non-hydrogen) atoms. The minimum absolute atomic E-state index is 0.0313. The highest BCUT2D eigenvalue weighted by atomic mass is 19.4. The van der Waals surface area contributed by atoms with Gasteiger partial charge < -0.3 is 9.67 Å². The molecule has 0 unspecified atom stereocenters. The molecule has 0 saturated heterocycles. The zero-order chi connectivity index (χ0) is 16.6. The van der Waals surface area contributed by atoms with Crippen molar-refractivity contribution in [2.45, 2.75) is 12.7 Å². The minimum Gasteiger partial charge on any atom is -0.477 e. The average Bonchev–Trinajstić information content (AvgIpc) is 2.86. The number of carboxylic acids is 1. The van der Waals surface area contributed by atoms with Gasteiger partial charge in [-0.15, -0.1) is 0 Å². The molecule has 0 fully saturated rings. The Morgan fingerprint density at radius 1 is 1.04 bits per heavy atom. The van der Waals surface area contributed by atoms with Crippen LogP contribution in [0.4, 0.5) is 13.2 Å². The van der Waals surface area contributed by atoms with Crippen LogP contribution < -0.4 is 0 Å². The molecule has 0 aliphatic rings. The van der Waals surface area contributed by atoms with Crippen molar-refractivity contribution in [3.05, 3.63) is 71.4 Å². The summed E-state index contributed by atoms with van der Waals surface area (Å²) in [5.41, 5.74) is -0.178. The Balaban J connectivity index is 2.16. The van der Waals surface area contributed by atoms with E-state index >= 15 is 0 Å². The molecule has 0 bridgehead atoms. The quantitative estimate of drug-likeness (QED) is 0.777. The summed E-state index contributed by atoms with van der Waals surface area (Å²) in [5.74, 6) is -1.18. The summed E-state index contributed by atoms with van der Waals surface area (Å²) in [6.45, 7) is -0.162.